The number of aromatic nitrogens is 3. The number of aromatic amines is 1. The first-order valence-corrected chi connectivity index (χ1v) is 7.26. The Labute approximate surface area is 127 Å². The molecule has 3 rings (SSSR count). The largest absolute Gasteiger partial charge is 0.338 e. The van der Waals surface area contributed by atoms with E-state index in [1.54, 1.807) is 0 Å². The summed E-state index contributed by atoms with van der Waals surface area (Å²) in [5.41, 5.74) is 3.05. The first-order chi connectivity index (χ1) is 10.7. The van der Waals surface area contributed by atoms with Crippen LogP contribution in [-0.2, 0) is 0 Å². The molecule has 1 unspecified atom stereocenters. The van der Waals surface area contributed by atoms with Crippen molar-refractivity contribution in [2.45, 2.75) is 26.2 Å². The molecule has 0 aliphatic carbocycles. The van der Waals surface area contributed by atoms with E-state index in [-0.39, 0.29) is 11.5 Å². The van der Waals surface area contributed by atoms with Crippen LogP contribution >= 0.6 is 0 Å². The Kier molecular flexibility index (Phi) is 3.51. The van der Waals surface area contributed by atoms with Crippen LogP contribution in [0.2, 0.25) is 0 Å². The zero-order chi connectivity index (χ0) is 15.7. The van der Waals surface area contributed by atoms with Gasteiger partial charge in [0.2, 0.25) is 0 Å². The van der Waals surface area contributed by atoms with Crippen LogP contribution < -0.4 is 5.56 Å². The molecule has 5 heteroatoms. The minimum absolute atomic E-state index is 0.0955. The maximum Gasteiger partial charge on any atom is 0.278 e. The summed E-state index contributed by atoms with van der Waals surface area (Å²) in [5.74, 6) is 0.0955. The van der Waals surface area contributed by atoms with Crippen LogP contribution in [0.1, 0.15) is 37.3 Å². The lowest BCUT2D eigenvalue weighted by atomic mass is 9.95. The van der Waals surface area contributed by atoms with Crippen molar-refractivity contribution >= 4 is 5.65 Å². The van der Waals surface area contributed by atoms with Crippen molar-refractivity contribution in [1.29, 1.82) is 5.26 Å². The molecule has 2 heterocycles. The first-order valence-electron chi connectivity index (χ1n) is 7.26. The molecule has 110 valence electrons. The summed E-state index contributed by atoms with van der Waals surface area (Å²) in [4.78, 5) is 16.1. The fourth-order valence-electron chi connectivity index (χ4n) is 2.61. The highest BCUT2D eigenvalue weighted by molar-refractivity contribution is 5.68. The number of H-pyrrole nitrogens is 1. The number of nitrogens with one attached hydrogen (secondary N) is 1. The molecule has 0 bridgehead atoms. The van der Waals surface area contributed by atoms with Crippen molar-refractivity contribution < 1.29 is 0 Å². The molecular formula is C17H16N4O. The Hall–Kier alpha value is -2.87. The quantitative estimate of drug-likeness (QED) is 0.806. The minimum Gasteiger partial charge on any atom is -0.338 e. The molecule has 2 aromatic heterocycles. The Morgan fingerprint density at radius 2 is 2.09 bits per heavy atom. The van der Waals surface area contributed by atoms with E-state index in [2.05, 4.69) is 16.2 Å². The van der Waals surface area contributed by atoms with Gasteiger partial charge in [0.25, 0.3) is 5.56 Å². The summed E-state index contributed by atoms with van der Waals surface area (Å²) in [6, 6.07) is 11.8. The second-order valence-corrected chi connectivity index (χ2v) is 5.32. The van der Waals surface area contributed by atoms with E-state index in [1.807, 2.05) is 44.2 Å². The van der Waals surface area contributed by atoms with Crippen molar-refractivity contribution in [2.24, 2.45) is 0 Å². The molecule has 3 aromatic rings. The fourth-order valence-corrected chi connectivity index (χ4v) is 2.61. The average Bonchev–Trinajstić information content (AvgIpc) is 2.98. The molecule has 22 heavy (non-hydrogen) atoms. The van der Waals surface area contributed by atoms with Crippen LogP contribution in [0.4, 0.5) is 0 Å². The van der Waals surface area contributed by atoms with Crippen LogP contribution in [0.3, 0.4) is 0 Å². The average molecular weight is 292 g/mol. The lowest BCUT2D eigenvalue weighted by molar-refractivity contribution is 0.707. The van der Waals surface area contributed by atoms with Gasteiger partial charge >= 0.3 is 0 Å². The summed E-state index contributed by atoms with van der Waals surface area (Å²) in [5, 5.41) is 13.2. The molecule has 1 aromatic carbocycles. The SMILES string of the molecule is CCC(C)c1c(-c2ccccc2)[nH]c2c(C#N)cnn2c1=O. The summed E-state index contributed by atoms with van der Waals surface area (Å²) in [6.07, 6.45) is 2.27. The summed E-state index contributed by atoms with van der Waals surface area (Å²) in [6.45, 7) is 4.07. The lowest BCUT2D eigenvalue weighted by Gasteiger charge is -2.15. The van der Waals surface area contributed by atoms with Crippen molar-refractivity contribution in [1.82, 2.24) is 14.6 Å². The van der Waals surface area contributed by atoms with Crippen LogP contribution in [-0.4, -0.2) is 14.6 Å². The number of nitriles is 1. The van der Waals surface area contributed by atoms with Gasteiger partial charge in [-0.15, -0.1) is 0 Å². The Morgan fingerprint density at radius 3 is 2.73 bits per heavy atom. The van der Waals surface area contributed by atoms with E-state index in [0.29, 0.717) is 16.8 Å². The van der Waals surface area contributed by atoms with Gasteiger partial charge in [0, 0.05) is 5.56 Å². The normalized spacial score (nSPS) is 12.2. The summed E-state index contributed by atoms with van der Waals surface area (Å²) in [7, 11) is 0. The predicted molar refractivity (Wildman–Crippen MR) is 84.7 cm³/mol. The van der Waals surface area contributed by atoms with Gasteiger partial charge in [0.15, 0.2) is 5.65 Å². The highest BCUT2D eigenvalue weighted by Gasteiger charge is 2.20. The number of fused-ring (bicyclic) bond motifs is 1. The van der Waals surface area contributed by atoms with E-state index in [0.717, 1.165) is 17.7 Å². The second kappa shape index (κ2) is 5.49. The van der Waals surface area contributed by atoms with E-state index in [4.69, 9.17) is 0 Å². The smallest absolute Gasteiger partial charge is 0.278 e. The van der Waals surface area contributed by atoms with Gasteiger partial charge in [-0.3, -0.25) is 4.79 Å². The predicted octanol–water partition coefficient (Wildman–Crippen LogP) is 3.07. The van der Waals surface area contributed by atoms with Crippen LogP contribution in [0.15, 0.2) is 41.3 Å². The van der Waals surface area contributed by atoms with E-state index < -0.39 is 0 Å². The zero-order valence-corrected chi connectivity index (χ0v) is 12.5. The molecule has 1 N–H and O–H groups in total. The summed E-state index contributed by atoms with van der Waals surface area (Å²) < 4.78 is 1.28. The molecule has 0 aliphatic heterocycles. The Balaban J connectivity index is 2.42. The maximum absolute atomic E-state index is 12.8. The maximum atomic E-state index is 12.8. The van der Waals surface area contributed by atoms with Crippen molar-refractivity contribution in [3.63, 3.8) is 0 Å². The van der Waals surface area contributed by atoms with E-state index in [1.165, 1.54) is 10.7 Å². The lowest BCUT2D eigenvalue weighted by Crippen LogP contribution is -2.23. The third-order valence-electron chi connectivity index (χ3n) is 3.99. The Bertz CT molecular complexity index is 915. The topological polar surface area (TPSA) is 73.9 Å². The third-order valence-corrected chi connectivity index (χ3v) is 3.99. The summed E-state index contributed by atoms with van der Waals surface area (Å²) >= 11 is 0. The number of hydrogen-bond donors (Lipinski definition) is 1. The Morgan fingerprint density at radius 1 is 1.36 bits per heavy atom. The molecule has 0 spiro atoms. The molecule has 0 amide bonds. The molecule has 1 atom stereocenters. The standard InChI is InChI=1S/C17H16N4O/c1-3-11(2)14-15(12-7-5-4-6-8-12)20-16-13(9-18)10-19-21(16)17(14)22/h4-8,10-11,20H,3H2,1-2H3. The van der Waals surface area contributed by atoms with Crippen molar-refractivity contribution in [2.75, 3.05) is 0 Å². The number of nitrogens with zero attached hydrogens (tertiary/aromatic N) is 3. The van der Waals surface area contributed by atoms with Crippen molar-refractivity contribution in [3.05, 3.63) is 58.0 Å². The highest BCUT2D eigenvalue weighted by Crippen LogP contribution is 2.27. The van der Waals surface area contributed by atoms with Crippen LogP contribution in [0.5, 0.6) is 0 Å². The van der Waals surface area contributed by atoms with E-state index >= 15 is 0 Å². The van der Waals surface area contributed by atoms with E-state index in [9.17, 15) is 10.1 Å². The third kappa shape index (κ3) is 2.09. The van der Waals surface area contributed by atoms with Crippen LogP contribution in [0, 0.1) is 11.3 Å². The highest BCUT2D eigenvalue weighted by atomic mass is 16.1. The molecule has 0 saturated heterocycles. The van der Waals surface area contributed by atoms with Gasteiger partial charge in [0.1, 0.15) is 11.6 Å². The molecule has 5 nitrogen and oxygen atoms in total. The van der Waals surface area contributed by atoms with Gasteiger partial charge in [-0.1, -0.05) is 44.2 Å². The van der Waals surface area contributed by atoms with Crippen LogP contribution in [0.25, 0.3) is 16.9 Å². The monoisotopic (exact) mass is 292 g/mol. The molecular weight excluding hydrogens is 276 g/mol. The number of benzene rings is 1. The van der Waals surface area contributed by atoms with Gasteiger partial charge < -0.3 is 4.98 Å². The molecule has 0 fully saturated rings. The van der Waals surface area contributed by atoms with Gasteiger partial charge in [-0.25, -0.2) is 0 Å². The minimum atomic E-state index is -0.163. The van der Waals surface area contributed by atoms with Gasteiger partial charge in [-0.2, -0.15) is 14.9 Å². The number of hydrogen-bond acceptors (Lipinski definition) is 3. The first kappa shape index (κ1) is 14.1. The van der Waals surface area contributed by atoms with Gasteiger partial charge in [0.05, 0.1) is 11.9 Å². The fraction of sp³-hybridized carbons (Fsp3) is 0.235. The second-order valence-electron chi connectivity index (χ2n) is 5.32. The zero-order valence-electron chi connectivity index (χ0n) is 12.5. The molecule has 0 saturated carbocycles. The van der Waals surface area contributed by atoms with Crippen molar-refractivity contribution in [3.8, 4) is 17.3 Å². The molecule has 0 radical (unpaired) electrons. The van der Waals surface area contributed by atoms with Gasteiger partial charge in [-0.05, 0) is 17.9 Å². The molecule has 0 aliphatic rings. The number of rotatable bonds is 3.